The highest BCUT2D eigenvalue weighted by molar-refractivity contribution is 5.66. The summed E-state index contributed by atoms with van der Waals surface area (Å²) < 4.78 is 18.0. The van der Waals surface area contributed by atoms with Crippen LogP contribution in [-0.4, -0.2) is 24.7 Å². The van der Waals surface area contributed by atoms with Crippen LogP contribution in [0.4, 0.5) is 5.69 Å². The number of nitrogens with one attached hydrogen (secondary N) is 1. The summed E-state index contributed by atoms with van der Waals surface area (Å²) in [6, 6.07) is 15.8. The van der Waals surface area contributed by atoms with Crippen LogP contribution in [0.1, 0.15) is 38.0 Å². The van der Waals surface area contributed by atoms with E-state index in [1.165, 1.54) is 6.92 Å². The zero-order valence-electron chi connectivity index (χ0n) is 15.6. The summed E-state index contributed by atoms with van der Waals surface area (Å²) >= 11 is 0. The quantitative estimate of drug-likeness (QED) is 0.819. The van der Waals surface area contributed by atoms with Crippen molar-refractivity contribution in [3.8, 4) is 5.75 Å². The summed E-state index contributed by atoms with van der Waals surface area (Å²) in [5.74, 6) is 0.392. The molecular formula is C21H25NO4. The van der Waals surface area contributed by atoms with Gasteiger partial charge >= 0.3 is 5.97 Å². The number of carbonyl (C=O) groups excluding carboxylic acids is 1. The SMILES string of the molecule is CNc1ccc2c(c1)C(OCc1ccccc1)C(OC(C)=O)C(C)(C)O2. The highest BCUT2D eigenvalue weighted by atomic mass is 16.6. The van der Waals surface area contributed by atoms with Crippen LogP contribution in [0.5, 0.6) is 5.75 Å². The van der Waals surface area contributed by atoms with Gasteiger partial charge in [0.15, 0.2) is 6.10 Å². The zero-order chi connectivity index (χ0) is 18.7. The van der Waals surface area contributed by atoms with Crippen molar-refractivity contribution in [2.75, 3.05) is 12.4 Å². The van der Waals surface area contributed by atoms with Crippen LogP contribution in [0.15, 0.2) is 48.5 Å². The predicted molar refractivity (Wildman–Crippen MR) is 100 cm³/mol. The molecule has 0 spiro atoms. The fourth-order valence-electron chi connectivity index (χ4n) is 3.21. The lowest BCUT2D eigenvalue weighted by atomic mass is 9.87. The summed E-state index contributed by atoms with van der Waals surface area (Å²) in [5, 5.41) is 3.13. The minimum atomic E-state index is -0.707. The van der Waals surface area contributed by atoms with Gasteiger partial charge in [0.1, 0.15) is 17.5 Å². The molecule has 1 aliphatic rings. The molecule has 0 fully saturated rings. The van der Waals surface area contributed by atoms with E-state index >= 15 is 0 Å². The average Bonchev–Trinajstić information content (AvgIpc) is 2.61. The third-order valence-electron chi connectivity index (χ3n) is 4.50. The summed E-state index contributed by atoms with van der Waals surface area (Å²) in [6.07, 6.45) is -0.977. The maximum atomic E-state index is 11.7. The van der Waals surface area contributed by atoms with Crippen LogP contribution in [0.3, 0.4) is 0 Å². The fourth-order valence-corrected chi connectivity index (χ4v) is 3.21. The first-order valence-electron chi connectivity index (χ1n) is 8.74. The second kappa shape index (κ2) is 7.38. The fraction of sp³-hybridized carbons (Fsp3) is 0.381. The van der Waals surface area contributed by atoms with E-state index in [2.05, 4.69) is 5.32 Å². The van der Waals surface area contributed by atoms with E-state index in [9.17, 15) is 4.79 Å². The first-order chi connectivity index (χ1) is 12.4. The van der Waals surface area contributed by atoms with Gasteiger partial charge in [-0.3, -0.25) is 4.79 Å². The smallest absolute Gasteiger partial charge is 0.303 e. The number of rotatable bonds is 5. The molecule has 3 rings (SSSR count). The van der Waals surface area contributed by atoms with Gasteiger partial charge in [-0.2, -0.15) is 0 Å². The predicted octanol–water partition coefficient (Wildman–Crippen LogP) is 4.09. The van der Waals surface area contributed by atoms with E-state index in [4.69, 9.17) is 14.2 Å². The second-order valence-corrected chi connectivity index (χ2v) is 6.96. The van der Waals surface area contributed by atoms with Crippen LogP contribution in [-0.2, 0) is 20.9 Å². The average molecular weight is 355 g/mol. The Balaban J connectivity index is 1.97. The molecule has 2 aromatic rings. The normalized spacial score (nSPS) is 20.6. The number of hydrogen-bond acceptors (Lipinski definition) is 5. The van der Waals surface area contributed by atoms with Crippen LogP contribution in [0, 0.1) is 0 Å². The Morgan fingerprint density at radius 2 is 1.92 bits per heavy atom. The van der Waals surface area contributed by atoms with Crippen LogP contribution in [0.2, 0.25) is 0 Å². The molecule has 26 heavy (non-hydrogen) atoms. The van der Waals surface area contributed by atoms with Crippen LogP contribution < -0.4 is 10.1 Å². The molecule has 5 heteroatoms. The number of anilines is 1. The van der Waals surface area contributed by atoms with Gasteiger partial charge in [0.05, 0.1) is 6.61 Å². The Bertz CT molecular complexity index is 773. The minimum Gasteiger partial charge on any atom is -0.483 e. The van der Waals surface area contributed by atoms with Crippen molar-refractivity contribution in [1.29, 1.82) is 0 Å². The molecular weight excluding hydrogens is 330 g/mol. The number of hydrogen-bond donors (Lipinski definition) is 1. The first kappa shape index (κ1) is 18.3. The standard InChI is InChI=1S/C21H25NO4/c1-14(23)25-20-19(24-13-15-8-6-5-7-9-15)17-12-16(22-4)10-11-18(17)26-21(20,2)3/h5-12,19-20,22H,13H2,1-4H3. The number of esters is 1. The summed E-state index contributed by atoms with van der Waals surface area (Å²) in [5.41, 5.74) is 2.17. The lowest BCUT2D eigenvalue weighted by molar-refractivity contribution is -0.183. The van der Waals surface area contributed by atoms with E-state index in [0.29, 0.717) is 6.61 Å². The summed E-state index contributed by atoms with van der Waals surface area (Å²) in [4.78, 5) is 11.7. The molecule has 138 valence electrons. The second-order valence-electron chi connectivity index (χ2n) is 6.96. The largest absolute Gasteiger partial charge is 0.483 e. The Morgan fingerprint density at radius 1 is 1.19 bits per heavy atom. The van der Waals surface area contributed by atoms with Crippen molar-refractivity contribution in [3.63, 3.8) is 0 Å². The molecule has 1 N–H and O–H groups in total. The first-order valence-corrected chi connectivity index (χ1v) is 8.74. The number of fused-ring (bicyclic) bond motifs is 1. The molecule has 0 amide bonds. The highest BCUT2D eigenvalue weighted by Crippen LogP contribution is 2.44. The third-order valence-corrected chi connectivity index (χ3v) is 4.50. The molecule has 5 nitrogen and oxygen atoms in total. The van der Waals surface area contributed by atoms with Gasteiger partial charge in [0.25, 0.3) is 0 Å². The molecule has 0 aliphatic carbocycles. The molecule has 1 heterocycles. The van der Waals surface area contributed by atoms with Crippen molar-refractivity contribution in [1.82, 2.24) is 0 Å². The van der Waals surface area contributed by atoms with E-state index in [1.807, 2.05) is 69.4 Å². The topological polar surface area (TPSA) is 56.8 Å². The molecule has 1 aliphatic heterocycles. The molecule has 2 aromatic carbocycles. The van der Waals surface area contributed by atoms with Crippen molar-refractivity contribution in [3.05, 3.63) is 59.7 Å². The summed E-state index contributed by atoms with van der Waals surface area (Å²) in [6.45, 7) is 5.65. The Hall–Kier alpha value is -2.53. The summed E-state index contributed by atoms with van der Waals surface area (Å²) in [7, 11) is 1.86. The molecule has 0 radical (unpaired) electrons. The van der Waals surface area contributed by atoms with Crippen LogP contribution >= 0.6 is 0 Å². The lowest BCUT2D eigenvalue weighted by Gasteiger charge is -2.43. The number of ether oxygens (including phenoxy) is 3. The monoisotopic (exact) mass is 355 g/mol. The maximum Gasteiger partial charge on any atom is 0.303 e. The van der Waals surface area contributed by atoms with E-state index < -0.39 is 17.8 Å². The Morgan fingerprint density at radius 3 is 2.58 bits per heavy atom. The lowest BCUT2D eigenvalue weighted by Crippen LogP contribution is -2.51. The van der Waals surface area contributed by atoms with Crippen molar-refractivity contribution < 1.29 is 19.0 Å². The molecule has 0 saturated carbocycles. The Labute approximate surface area is 154 Å². The van der Waals surface area contributed by atoms with Gasteiger partial charge in [-0.15, -0.1) is 0 Å². The molecule has 0 aromatic heterocycles. The van der Waals surface area contributed by atoms with Gasteiger partial charge in [-0.1, -0.05) is 30.3 Å². The Kier molecular flexibility index (Phi) is 5.18. The van der Waals surface area contributed by atoms with Crippen molar-refractivity contribution >= 4 is 11.7 Å². The molecule has 2 unspecified atom stereocenters. The minimum absolute atomic E-state index is 0.354. The van der Waals surface area contributed by atoms with E-state index in [0.717, 1.165) is 22.6 Å². The maximum absolute atomic E-state index is 11.7. The molecule has 0 saturated heterocycles. The number of benzene rings is 2. The van der Waals surface area contributed by atoms with E-state index in [1.54, 1.807) is 0 Å². The molecule has 2 atom stereocenters. The van der Waals surface area contributed by atoms with E-state index in [-0.39, 0.29) is 5.97 Å². The van der Waals surface area contributed by atoms with Gasteiger partial charge in [0, 0.05) is 25.2 Å². The van der Waals surface area contributed by atoms with Gasteiger partial charge in [0.2, 0.25) is 0 Å². The van der Waals surface area contributed by atoms with Crippen LogP contribution in [0.25, 0.3) is 0 Å². The zero-order valence-corrected chi connectivity index (χ0v) is 15.6. The highest BCUT2D eigenvalue weighted by Gasteiger charge is 2.47. The third kappa shape index (κ3) is 3.83. The molecule has 0 bridgehead atoms. The van der Waals surface area contributed by atoms with Gasteiger partial charge in [-0.25, -0.2) is 0 Å². The number of carbonyl (C=O) groups is 1. The van der Waals surface area contributed by atoms with Crippen molar-refractivity contribution in [2.45, 2.75) is 45.2 Å². The van der Waals surface area contributed by atoms with Gasteiger partial charge in [-0.05, 0) is 37.6 Å². The van der Waals surface area contributed by atoms with Crippen molar-refractivity contribution in [2.24, 2.45) is 0 Å². The van der Waals surface area contributed by atoms with Gasteiger partial charge < -0.3 is 19.5 Å².